The molecular weight excluding hydrogens is 366 g/mol. The van der Waals surface area contributed by atoms with Crippen LogP contribution < -0.4 is 15.8 Å². The van der Waals surface area contributed by atoms with Gasteiger partial charge < -0.3 is 19.7 Å². The van der Waals surface area contributed by atoms with Crippen LogP contribution in [0.5, 0.6) is 5.75 Å². The summed E-state index contributed by atoms with van der Waals surface area (Å²) in [5.74, 6) is -0.754. The van der Waals surface area contributed by atoms with E-state index in [1.807, 2.05) is 12.2 Å². The second-order valence-electron chi connectivity index (χ2n) is 6.54. The quantitative estimate of drug-likeness (QED) is 0.694. The van der Waals surface area contributed by atoms with E-state index in [4.69, 9.17) is 19.7 Å². The van der Waals surface area contributed by atoms with Crippen LogP contribution >= 0.6 is 0 Å². The van der Waals surface area contributed by atoms with Gasteiger partial charge in [-0.15, -0.1) is 0 Å². The fourth-order valence-corrected chi connectivity index (χ4v) is 2.44. The van der Waals surface area contributed by atoms with Crippen LogP contribution in [0.4, 0.5) is 4.79 Å². The molecule has 0 aliphatic heterocycles. The summed E-state index contributed by atoms with van der Waals surface area (Å²) in [7, 11) is 0. The van der Waals surface area contributed by atoms with E-state index in [-0.39, 0.29) is 18.1 Å². The number of urea groups is 1. The van der Waals surface area contributed by atoms with E-state index in [2.05, 4.69) is 5.16 Å². The van der Waals surface area contributed by atoms with Gasteiger partial charge in [0, 0.05) is 0 Å². The summed E-state index contributed by atoms with van der Waals surface area (Å²) in [6, 6.07) is 5.35. The third kappa shape index (κ3) is 5.32. The lowest BCUT2D eigenvalue weighted by Crippen LogP contribution is -2.45. The van der Waals surface area contributed by atoms with Gasteiger partial charge in [0.15, 0.2) is 6.10 Å². The molecule has 3 N–H and O–H groups in total. The molecule has 0 spiro atoms. The Kier molecular flexibility index (Phi) is 6.75. The Morgan fingerprint density at radius 1 is 1.25 bits per heavy atom. The lowest BCUT2D eigenvalue weighted by molar-refractivity contribution is -0.130. The third-order valence-corrected chi connectivity index (χ3v) is 3.98. The molecular formula is C19H23N3O6. The maximum Gasteiger partial charge on any atom is 0.339 e. The van der Waals surface area contributed by atoms with Crippen molar-refractivity contribution >= 4 is 17.9 Å². The van der Waals surface area contributed by atoms with Crippen LogP contribution in [0.2, 0.25) is 0 Å². The van der Waals surface area contributed by atoms with Gasteiger partial charge in [-0.1, -0.05) is 25.1 Å². The number of carbonyl (C=O) groups excluding carboxylic acids is 3. The summed E-state index contributed by atoms with van der Waals surface area (Å²) in [5.41, 5.74) is 6.71. The SMILES string of the molecule is Cc1noc(C)c1COc1cccc(C(=O)O[C@@H](C(=O)NC(N)=O)C(C)C)c1. The Hall–Kier alpha value is -3.36. The molecule has 1 atom stereocenters. The summed E-state index contributed by atoms with van der Waals surface area (Å²) in [5, 5.41) is 5.78. The van der Waals surface area contributed by atoms with Crippen molar-refractivity contribution in [2.45, 2.75) is 40.4 Å². The van der Waals surface area contributed by atoms with E-state index >= 15 is 0 Å². The van der Waals surface area contributed by atoms with Crippen LogP contribution in [0.1, 0.15) is 41.2 Å². The van der Waals surface area contributed by atoms with E-state index in [1.54, 1.807) is 32.9 Å². The molecule has 0 unspecified atom stereocenters. The lowest BCUT2D eigenvalue weighted by Gasteiger charge is -2.20. The molecule has 2 rings (SSSR count). The van der Waals surface area contributed by atoms with Gasteiger partial charge in [-0.2, -0.15) is 0 Å². The number of aryl methyl sites for hydroxylation is 2. The summed E-state index contributed by atoms with van der Waals surface area (Å²) in [6.45, 7) is 7.19. The number of nitrogens with one attached hydrogen (secondary N) is 1. The summed E-state index contributed by atoms with van der Waals surface area (Å²) < 4.78 is 16.1. The molecule has 1 aromatic heterocycles. The number of ether oxygens (including phenoxy) is 2. The lowest BCUT2D eigenvalue weighted by atomic mass is 10.1. The number of aromatic nitrogens is 1. The second kappa shape index (κ2) is 9.03. The topological polar surface area (TPSA) is 134 Å². The number of primary amides is 1. The zero-order chi connectivity index (χ0) is 20.8. The number of imide groups is 1. The van der Waals surface area contributed by atoms with Gasteiger partial charge in [0.1, 0.15) is 18.1 Å². The van der Waals surface area contributed by atoms with Crippen molar-refractivity contribution < 1.29 is 28.4 Å². The van der Waals surface area contributed by atoms with Gasteiger partial charge in [-0.25, -0.2) is 9.59 Å². The first-order chi connectivity index (χ1) is 13.2. The van der Waals surface area contributed by atoms with Crippen molar-refractivity contribution in [2.75, 3.05) is 0 Å². The van der Waals surface area contributed by atoms with E-state index < -0.39 is 24.0 Å². The van der Waals surface area contributed by atoms with Crippen LogP contribution in [0, 0.1) is 19.8 Å². The van der Waals surface area contributed by atoms with Crippen molar-refractivity contribution in [1.29, 1.82) is 0 Å². The molecule has 0 bridgehead atoms. The van der Waals surface area contributed by atoms with Gasteiger partial charge in [0.25, 0.3) is 5.91 Å². The van der Waals surface area contributed by atoms with Crippen LogP contribution in [-0.4, -0.2) is 29.2 Å². The zero-order valence-electron chi connectivity index (χ0n) is 16.1. The van der Waals surface area contributed by atoms with Crippen LogP contribution in [0.15, 0.2) is 28.8 Å². The molecule has 9 heteroatoms. The Morgan fingerprint density at radius 2 is 1.96 bits per heavy atom. The average Bonchev–Trinajstić information content (AvgIpc) is 2.95. The highest BCUT2D eigenvalue weighted by molar-refractivity contribution is 5.98. The van der Waals surface area contributed by atoms with E-state index in [1.165, 1.54) is 12.1 Å². The Labute approximate surface area is 162 Å². The van der Waals surface area contributed by atoms with Gasteiger partial charge in [-0.3, -0.25) is 10.1 Å². The normalized spacial score (nSPS) is 11.8. The maximum atomic E-state index is 12.4. The largest absolute Gasteiger partial charge is 0.489 e. The number of nitrogens with two attached hydrogens (primary N) is 1. The van der Waals surface area contributed by atoms with Crippen LogP contribution in [0.3, 0.4) is 0 Å². The number of carbonyl (C=O) groups is 3. The Balaban J connectivity index is 2.08. The zero-order valence-corrected chi connectivity index (χ0v) is 16.1. The number of rotatable bonds is 7. The standard InChI is InChI=1S/C19H23N3O6/c1-10(2)16(17(23)21-19(20)25)27-18(24)13-6-5-7-14(8-13)26-9-15-11(3)22-28-12(15)4/h5-8,10,16H,9H2,1-4H3,(H3,20,21,23,25)/t16-/m1/s1. The van der Waals surface area contributed by atoms with Gasteiger partial charge in [-0.05, 0) is 38.0 Å². The van der Waals surface area contributed by atoms with E-state index in [9.17, 15) is 14.4 Å². The fourth-order valence-electron chi connectivity index (χ4n) is 2.44. The van der Waals surface area contributed by atoms with Crippen molar-refractivity contribution in [1.82, 2.24) is 10.5 Å². The average molecular weight is 389 g/mol. The van der Waals surface area contributed by atoms with Crippen molar-refractivity contribution in [3.8, 4) is 5.75 Å². The van der Waals surface area contributed by atoms with Gasteiger partial charge in [0.05, 0.1) is 16.8 Å². The number of amides is 3. The highest BCUT2D eigenvalue weighted by Gasteiger charge is 2.28. The number of nitrogens with zero attached hydrogens (tertiary/aromatic N) is 1. The summed E-state index contributed by atoms with van der Waals surface area (Å²) in [6.07, 6.45) is -1.16. The predicted octanol–water partition coefficient (Wildman–Crippen LogP) is 2.25. The first-order valence-corrected chi connectivity index (χ1v) is 8.65. The van der Waals surface area contributed by atoms with Gasteiger partial charge >= 0.3 is 12.0 Å². The Morgan fingerprint density at radius 3 is 2.54 bits per heavy atom. The fraction of sp³-hybridized carbons (Fsp3) is 0.368. The molecule has 0 aliphatic carbocycles. The first kappa shape index (κ1) is 20.9. The third-order valence-electron chi connectivity index (χ3n) is 3.98. The van der Waals surface area contributed by atoms with Crippen molar-refractivity contribution in [3.63, 3.8) is 0 Å². The van der Waals surface area contributed by atoms with Crippen molar-refractivity contribution in [3.05, 3.63) is 46.8 Å². The van der Waals surface area contributed by atoms with Crippen LogP contribution in [-0.2, 0) is 16.1 Å². The number of hydrogen-bond acceptors (Lipinski definition) is 7. The molecule has 150 valence electrons. The Bertz CT molecular complexity index is 855. The molecule has 3 amide bonds. The molecule has 1 heterocycles. The molecule has 0 saturated carbocycles. The molecule has 2 aromatic rings. The molecule has 0 aliphatic rings. The summed E-state index contributed by atoms with van der Waals surface area (Å²) in [4.78, 5) is 35.3. The molecule has 9 nitrogen and oxygen atoms in total. The number of benzene rings is 1. The summed E-state index contributed by atoms with van der Waals surface area (Å²) >= 11 is 0. The smallest absolute Gasteiger partial charge is 0.339 e. The minimum absolute atomic E-state index is 0.203. The predicted molar refractivity (Wildman–Crippen MR) is 98.5 cm³/mol. The molecule has 0 fully saturated rings. The first-order valence-electron chi connectivity index (χ1n) is 8.65. The molecule has 0 saturated heterocycles. The number of hydrogen-bond donors (Lipinski definition) is 2. The minimum atomic E-state index is -1.16. The van der Waals surface area contributed by atoms with E-state index in [0.29, 0.717) is 11.5 Å². The maximum absolute atomic E-state index is 12.4. The molecule has 0 radical (unpaired) electrons. The van der Waals surface area contributed by atoms with E-state index in [0.717, 1.165) is 11.3 Å². The molecule has 28 heavy (non-hydrogen) atoms. The number of esters is 1. The minimum Gasteiger partial charge on any atom is -0.489 e. The highest BCUT2D eigenvalue weighted by atomic mass is 16.5. The van der Waals surface area contributed by atoms with Gasteiger partial charge in [0.2, 0.25) is 0 Å². The van der Waals surface area contributed by atoms with Crippen molar-refractivity contribution in [2.24, 2.45) is 11.7 Å². The van der Waals surface area contributed by atoms with Crippen LogP contribution in [0.25, 0.3) is 0 Å². The monoisotopic (exact) mass is 389 g/mol. The highest BCUT2D eigenvalue weighted by Crippen LogP contribution is 2.20. The second-order valence-corrected chi connectivity index (χ2v) is 6.54. The molecule has 1 aromatic carbocycles.